The van der Waals surface area contributed by atoms with Gasteiger partial charge in [-0.05, 0) is 18.2 Å². The first-order valence-corrected chi connectivity index (χ1v) is 6.23. The van der Waals surface area contributed by atoms with E-state index in [1.807, 2.05) is 0 Å². The van der Waals surface area contributed by atoms with Gasteiger partial charge in [-0.3, -0.25) is 5.32 Å². The predicted octanol–water partition coefficient (Wildman–Crippen LogP) is 1.89. The number of amides is 2. The van der Waals surface area contributed by atoms with Crippen molar-refractivity contribution in [3.63, 3.8) is 0 Å². The summed E-state index contributed by atoms with van der Waals surface area (Å²) in [5.74, 6) is -0.748. The van der Waals surface area contributed by atoms with Crippen molar-refractivity contribution >= 4 is 34.2 Å². The summed E-state index contributed by atoms with van der Waals surface area (Å²) in [4.78, 5) is 22.7. The monoisotopic (exact) mass is 294 g/mol. The lowest BCUT2D eigenvalue weighted by Gasteiger charge is -2.10. The molecule has 2 aromatic rings. The molecule has 2 amide bonds. The molecule has 0 aliphatic carbocycles. The zero-order valence-corrected chi connectivity index (χ0v) is 11.1. The van der Waals surface area contributed by atoms with Crippen molar-refractivity contribution in [2.24, 2.45) is 0 Å². The normalized spacial score (nSPS) is 9.85. The Morgan fingerprint density at radius 1 is 1.35 bits per heavy atom. The largest absolute Gasteiger partial charge is 0.495 e. The molecular weight excluding hydrogens is 284 g/mol. The highest BCUT2D eigenvalue weighted by Crippen LogP contribution is 2.25. The van der Waals surface area contributed by atoms with Crippen LogP contribution in [0.3, 0.4) is 0 Å². The standard InChI is InChI=1S/C11H10N4O4S/c1-19-8-3-2-6(9(16)17)4-7(8)13-10(18)14-11-15-12-5-20-11/h2-5H,1H3,(H,16,17)(H2,13,14,15,18). The van der Waals surface area contributed by atoms with Crippen molar-refractivity contribution in [2.75, 3.05) is 17.7 Å². The van der Waals surface area contributed by atoms with Crippen molar-refractivity contribution in [3.05, 3.63) is 29.3 Å². The molecule has 1 heterocycles. The van der Waals surface area contributed by atoms with E-state index in [0.29, 0.717) is 10.9 Å². The molecule has 1 aromatic carbocycles. The molecule has 0 radical (unpaired) electrons. The number of anilines is 2. The number of nitrogens with one attached hydrogen (secondary N) is 2. The van der Waals surface area contributed by atoms with E-state index in [1.54, 1.807) is 0 Å². The van der Waals surface area contributed by atoms with Gasteiger partial charge in [0.15, 0.2) is 0 Å². The Hall–Kier alpha value is -2.68. The molecule has 0 atom stereocenters. The summed E-state index contributed by atoms with van der Waals surface area (Å²) in [6.07, 6.45) is 0. The number of carboxylic acid groups (broad SMARTS) is 1. The molecule has 1 aromatic heterocycles. The number of hydrogen-bond acceptors (Lipinski definition) is 6. The Bertz CT molecular complexity index is 629. The average molecular weight is 294 g/mol. The third-order valence-corrected chi connectivity index (χ3v) is 2.88. The number of aromatic carboxylic acids is 1. The summed E-state index contributed by atoms with van der Waals surface area (Å²) >= 11 is 1.16. The molecule has 0 aliphatic heterocycles. The lowest BCUT2D eigenvalue weighted by Crippen LogP contribution is -2.20. The minimum atomic E-state index is -1.10. The van der Waals surface area contributed by atoms with Gasteiger partial charge in [0.05, 0.1) is 18.4 Å². The number of ether oxygens (including phenoxy) is 1. The zero-order valence-electron chi connectivity index (χ0n) is 10.3. The van der Waals surface area contributed by atoms with Crippen LogP contribution in [0.25, 0.3) is 0 Å². The molecule has 8 nitrogen and oxygen atoms in total. The molecule has 0 fully saturated rings. The predicted molar refractivity (Wildman–Crippen MR) is 72.5 cm³/mol. The number of hydrogen-bond donors (Lipinski definition) is 3. The molecule has 0 bridgehead atoms. The first-order chi connectivity index (χ1) is 9.60. The number of carbonyl (C=O) groups is 2. The van der Waals surface area contributed by atoms with Gasteiger partial charge in [0.2, 0.25) is 5.13 Å². The number of carbonyl (C=O) groups excluding carboxylic acids is 1. The first-order valence-electron chi connectivity index (χ1n) is 5.35. The number of urea groups is 1. The van der Waals surface area contributed by atoms with E-state index in [4.69, 9.17) is 9.84 Å². The van der Waals surface area contributed by atoms with Crippen molar-refractivity contribution in [2.45, 2.75) is 0 Å². The van der Waals surface area contributed by atoms with E-state index in [0.717, 1.165) is 11.3 Å². The van der Waals surface area contributed by atoms with Gasteiger partial charge in [-0.2, -0.15) is 0 Å². The number of rotatable bonds is 4. The van der Waals surface area contributed by atoms with Gasteiger partial charge in [-0.15, -0.1) is 10.2 Å². The summed E-state index contributed by atoms with van der Waals surface area (Å²) in [5.41, 5.74) is 1.76. The topological polar surface area (TPSA) is 113 Å². The van der Waals surface area contributed by atoms with Crippen LogP contribution in [-0.4, -0.2) is 34.4 Å². The van der Waals surface area contributed by atoms with Crippen LogP contribution in [0.15, 0.2) is 23.7 Å². The average Bonchev–Trinajstić information content (AvgIpc) is 2.91. The van der Waals surface area contributed by atoms with E-state index >= 15 is 0 Å². The Labute approximate surface area is 117 Å². The molecule has 0 aliphatic rings. The highest BCUT2D eigenvalue weighted by Gasteiger charge is 2.12. The van der Waals surface area contributed by atoms with Gasteiger partial charge in [0, 0.05) is 0 Å². The van der Waals surface area contributed by atoms with E-state index in [-0.39, 0.29) is 11.3 Å². The Morgan fingerprint density at radius 3 is 2.75 bits per heavy atom. The van der Waals surface area contributed by atoms with Crippen LogP contribution in [-0.2, 0) is 0 Å². The smallest absolute Gasteiger partial charge is 0.335 e. The zero-order chi connectivity index (χ0) is 14.5. The molecule has 104 valence electrons. The van der Waals surface area contributed by atoms with Crippen molar-refractivity contribution in [3.8, 4) is 5.75 Å². The lowest BCUT2D eigenvalue weighted by atomic mass is 10.2. The van der Waals surface area contributed by atoms with Crippen LogP contribution in [0.2, 0.25) is 0 Å². The first kappa shape index (κ1) is 13.7. The Balaban J connectivity index is 2.16. The minimum Gasteiger partial charge on any atom is -0.495 e. The fourth-order valence-corrected chi connectivity index (χ4v) is 1.86. The number of nitrogens with zero attached hydrogens (tertiary/aromatic N) is 2. The maximum absolute atomic E-state index is 11.7. The molecule has 3 N–H and O–H groups in total. The van der Waals surface area contributed by atoms with E-state index in [9.17, 15) is 9.59 Å². The van der Waals surface area contributed by atoms with Gasteiger partial charge in [0.1, 0.15) is 11.3 Å². The molecule has 0 saturated heterocycles. The summed E-state index contributed by atoms with van der Waals surface area (Å²) in [6, 6.07) is 3.59. The number of aromatic nitrogens is 2. The van der Waals surface area contributed by atoms with E-state index in [1.165, 1.54) is 30.8 Å². The molecule has 0 spiro atoms. The fourth-order valence-electron chi connectivity index (χ4n) is 1.42. The van der Waals surface area contributed by atoms with E-state index in [2.05, 4.69) is 20.8 Å². The third-order valence-electron chi connectivity index (χ3n) is 2.28. The minimum absolute atomic E-state index is 0.0389. The van der Waals surface area contributed by atoms with Gasteiger partial charge in [0.25, 0.3) is 0 Å². The summed E-state index contributed by atoms with van der Waals surface area (Å²) < 4.78 is 5.06. The number of methoxy groups -OCH3 is 1. The second-order valence-corrected chi connectivity index (χ2v) is 4.38. The molecule has 20 heavy (non-hydrogen) atoms. The van der Waals surface area contributed by atoms with Gasteiger partial charge in [-0.1, -0.05) is 11.3 Å². The summed E-state index contributed by atoms with van der Waals surface area (Å²) in [6.45, 7) is 0. The van der Waals surface area contributed by atoms with E-state index < -0.39 is 12.0 Å². The lowest BCUT2D eigenvalue weighted by molar-refractivity contribution is 0.0697. The summed E-state index contributed by atoms with van der Waals surface area (Å²) in [7, 11) is 1.42. The second-order valence-electron chi connectivity index (χ2n) is 3.54. The van der Waals surface area contributed by atoms with Crippen LogP contribution < -0.4 is 15.4 Å². The molecule has 0 unspecified atom stereocenters. The van der Waals surface area contributed by atoms with Gasteiger partial charge < -0.3 is 15.2 Å². The van der Waals surface area contributed by atoms with Gasteiger partial charge >= 0.3 is 12.0 Å². The van der Waals surface area contributed by atoms with Crippen LogP contribution in [0.4, 0.5) is 15.6 Å². The SMILES string of the molecule is COc1ccc(C(=O)O)cc1NC(=O)Nc1nncs1. The van der Waals surface area contributed by atoms with Crippen molar-refractivity contribution < 1.29 is 19.4 Å². The van der Waals surface area contributed by atoms with Gasteiger partial charge in [-0.25, -0.2) is 9.59 Å². The fraction of sp³-hybridized carbons (Fsp3) is 0.0909. The highest BCUT2D eigenvalue weighted by molar-refractivity contribution is 7.13. The van der Waals surface area contributed by atoms with Crippen LogP contribution in [0, 0.1) is 0 Å². The quantitative estimate of drug-likeness (QED) is 0.793. The number of benzene rings is 1. The number of carboxylic acids is 1. The third kappa shape index (κ3) is 3.20. The second kappa shape index (κ2) is 5.97. The molecule has 9 heteroatoms. The Morgan fingerprint density at radius 2 is 2.15 bits per heavy atom. The maximum Gasteiger partial charge on any atom is 0.335 e. The highest BCUT2D eigenvalue weighted by atomic mass is 32.1. The van der Waals surface area contributed by atoms with Crippen molar-refractivity contribution in [1.82, 2.24) is 10.2 Å². The molecule has 0 saturated carbocycles. The Kier molecular flexibility index (Phi) is 4.11. The van der Waals surface area contributed by atoms with Crippen molar-refractivity contribution in [1.29, 1.82) is 0 Å². The summed E-state index contributed by atoms with van der Waals surface area (Å²) in [5, 5.41) is 21.5. The van der Waals surface area contributed by atoms with Crippen LogP contribution in [0.5, 0.6) is 5.75 Å². The van der Waals surface area contributed by atoms with Crippen LogP contribution >= 0.6 is 11.3 Å². The molecular formula is C11H10N4O4S. The maximum atomic E-state index is 11.7. The molecule has 2 rings (SSSR count). The van der Waals surface area contributed by atoms with Crippen LogP contribution in [0.1, 0.15) is 10.4 Å².